The van der Waals surface area contributed by atoms with Crippen molar-refractivity contribution < 1.29 is 29.3 Å². The molecule has 0 N–H and O–H groups in total. The zero-order chi connectivity index (χ0) is 13.5. The minimum atomic E-state index is 0. The Bertz CT molecular complexity index is 911. The first-order valence-electron chi connectivity index (χ1n) is 6.29. The van der Waals surface area contributed by atoms with Crippen LogP contribution in [0.15, 0.2) is 53.1 Å². The molecule has 0 fully saturated rings. The molecule has 107 valence electrons. The molecule has 0 aliphatic carbocycles. The third-order valence-electron chi connectivity index (χ3n) is 3.32. The second-order valence-electron chi connectivity index (χ2n) is 4.47. The van der Waals surface area contributed by atoms with Gasteiger partial charge in [0, 0.05) is 43.3 Å². The number of rotatable bonds is 2. The van der Waals surface area contributed by atoms with Crippen molar-refractivity contribution in [2.24, 2.45) is 0 Å². The summed E-state index contributed by atoms with van der Waals surface area (Å²) in [7, 11) is 1.60. The molecule has 0 saturated carbocycles. The van der Waals surface area contributed by atoms with E-state index >= 15 is 0 Å². The summed E-state index contributed by atoms with van der Waals surface area (Å²) < 4.78 is 12.8. The van der Waals surface area contributed by atoms with E-state index in [0.29, 0.717) is 5.88 Å². The first-order valence-corrected chi connectivity index (χ1v) is 6.29. The van der Waals surface area contributed by atoms with Gasteiger partial charge in [-0.25, -0.2) is 0 Å². The van der Waals surface area contributed by atoms with E-state index in [-0.39, 0.29) is 20.1 Å². The molecule has 0 aliphatic heterocycles. The molecule has 0 atom stereocenters. The molecule has 2 heterocycles. The smallest absolute Gasteiger partial charge is 0.232 e. The third kappa shape index (κ3) is 2.15. The molecular weight excluding hydrogens is 444 g/mol. The van der Waals surface area contributed by atoms with Gasteiger partial charge in [-0.1, -0.05) is 23.6 Å². The Morgan fingerprint density at radius 1 is 1.14 bits per heavy atom. The monoisotopic (exact) mass is 456 g/mol. The SMILES string of the molecule is COc1ccn(-c2[c-]ccc3c2oc2ccccc23)n1.[Ir]. The Hall–Kier alpha value is -2.10. The summed E-state index contributed by atoms with van der Waals surface area (Å²) in [6.45, 7) is 0. The average Bonchev–Trinajstić information content (AvgIpc) is 3.11. The average molecular weight is 455 g/mol. The zero-order valence-corrected chi connectivity index (χ0v) is 13.6. The van der Waals surface area contributed by atoms with Crippen LogP contribution in [0.4, 0.5) is 0 Å². The number of fused-ring (bicyclic) bond motifs is 3. The van der Waals surface area contributed by atoms with Crippen LogP contribution in [0, 0.1) is 6.07 Å². The van der Waals surface area contributed by atoms with Crippen molar-refractivity contribution in [3.8, 4) is 11.6 Å². The Balaban J connectivity index is 0.00000132. The maximum absolute atomic E-state index is 5.95. The van der Waals surface area contributed by atoms with Gasteiger partial charge in [-0.05, 0) is 11.8 Å². The van der Waals surface area contributed by atoms with Crippen LogP contribution in [0.5, 0.6) is 5.88 Å². The fraction of sp³-hybridized carbons (Fsp3) is 0.0625. The van der Waals surface area contributed by atoms with E-state index in [1.165, 1.54) is 0 Å². The zero-order valence-electron chi connectivity index (χ0n) is 11.2. The normalized spacial score (nSPS) is 10.7. The second-order valence-corrected chi connectivity index (χ2v) is 4.47. The second kappa shape index (κ2) is 5.35. The molecule has 5 heteroatoms. The van der Waals surface area contributed by atoms with Crippen LogP contribution >= 0.6 is 0 Å². The number of ether oxygens (including phenoxy) is 1. The largest absolute Gasteiger partial charge is 0.513 e. The predicted molar refractivity (Wildman–Crippen MR) is 76.2 cm³/mol. The number of benzene rings is 2. The predicted octanol–water partition coefficient (Wildman–Crippen LogP) is 3.58. The van der Waals surface area contributed by atoms with Gasteiger partial charge >= 0.3 is 0 Å². The molecule has 1 radical (unpaired) electrons. The number of para-hydroxylation sites is 1. The minimum Gasteiger partial charge on any atom is -0.513 e. The van der Waals surface area contributed by atoms with Crippen molar-refractivity contribution in [3.05, 3.63) is 54.7 Å². The van der Waals surface area contributed by atoms with Crippen LogP contribution in [-0.4, -0.2) is 16.9 Å². The number of aromatic nitrogens is 2. The van der Waals surface area contributed by atoms with Crippen molar-refractivity contribution in [1.29, 1.82) is 0 Å². The summed E-state index contributed by atoms with van der Waals surface area (Å²) in [5.74, 6) is 0.562. The van der Waals surface area contributed by atoms with E-state index in [4.69, 9.17) is 9.15 Å². The Kier molecular flexibility index (Phi) is 3.53. The minimum absolute atomic E-state index is 0. The summed E-state index contributed by atoms with van der Waals surface area (Å²) in [6, 6.07) is 16.8. The van der Waals surface area contributed by atoms with Crippen molar-refractivity contribution in [2.75, 3.05) is 7.11 Å². The molecule has 4 aromatic rings. The van der Waals surface area contributed by atoms with E-state index in [0.717, 1.165) is 27.6 Å². The number of furan rings is 1. The number of methoxy groups -OCH3 is 1. The van der Waals surface area contributed by atoms with E-state index in [1.807, 2.05) is 36.5 Å². The summed E-state index contributed by atoms with van der Waals surface area (Å²) in [5.41, 5.74) is 2.42. The number of nitrogens with zero attached hydrogens (tertiary/aromatic N) is 2. The Morgan fingerprint density at radius 2 is 2.00 bits per heavy atom. The standard InChI is InChI=1S/C16H11N2O2.Ir/c1-19-15-9-10-18(17-15)13-7-4-6-12-11-5-2-3-8-14(11)20-16(12)13;/h2-6,8-10H,1H3;/q-1;. The molecule has 2 aromatic heterocycles. The molecule has 21 heavy (non-hydrogen) atoms. The van der Waals surface area contributed by atoms with Gasteiger partial charge in [-0.15, -0.1) is 5.10 Å². The van der Waals surface area contributed by atoms with E-state index < -0.39 is 0 Å². The topological polar surface area (TPSA) is 40.2 Å². The fourth-order valence-electron chi connectivity index (χ4n) is 2.39. The van der Waals surface area contributed by atoms with Crippen molar-refractivity contribution in [3.63, 3.8) is 0 Å². The maximum atomic E-state index is 5.95. The van der Waals surface area contributed by atoms with Gasteiger partial charge in [0.05, 0.1) is 7.11 Å². The maximum Gasteiger partial charge on any atom is 0.232 e. The van der Waals surface area contributed by atoms with Crippen LogP contribution in [0.1, 0.15) is 0 Å². The first-order chi connectivity index (χ1) is 9.86. The van der Waals surface area contributed by atoms with Gasteiger partial charge < -0.3 is 9.15 Å². The van der Waals surface area contributed by atoms with Gasteiger partial charge in [-0.3, -0.25) is 4.68 Å². The molecule has 0 saturated heterocycles. The number of hydrogen-bond donors (Lipinski definition) is 0. The van der Waals surface area contributed by atoms with Crippen LogP contribution in [-0.2, 0) is 20.1 Å². The summed E-state index contributed by atoms with van der Waals surface area (Å²) >= 11 is 0. The molecule has 0 amide bonds. The fourth-order valence-corrected chi connectivity index (χ4v) is 2.39. The van der Waals surface area contributed by atoms with Crippen molar-refractivity contribution in [2.45, 2.75) is 0 Å². The Morgan fingerprint density at radius 3 is 2.81 bits per heavy atom. The Labute approximate surface area is 134 Å². The molecule has 2 aromatic carbocycles. The first kappa shape index (κ1) is 13.9. The quantitative estimate of drug-likeness (QED) is 0.434. The van der Waals surface area contributed by atoms with Gasteiger partial charge in [0.15, 0.2) is 0 Å². The molecular formula is C16H11IrN2O2-. The van der Waals surface area contributed by atoms with Crippen LogP contribution < -0.4 is 4.74 Å². The molecule has 0 aliphatic rings. The third-order valence-corrected chi connectivity index (χ3v) is 3.32. The van der Waals surface area contributed by atoms with Crippen LogP contribution in [0.25, 0.3) is 27.6 Å². The number of hydrogen-bond acceptors (Lipinski definition) is 3. The van der Waals surface area contributed by atoms with E-state index in [2.05, 4.69) is 17.2 Å². The summed E-state index contributed by atoms with van der Waals surface area (Å²) in [6.07, 6.45) is 1.83. The summed E-state index contributed by atoms with van der Waals surface area (Å²) in [5, 5.41) is 6.48. The van der Waals surface area contributed by atoms with Gasteiger partial charge in [-0.2, -0.15) is 18.2 Å². The van der Waals surface area contributed by atoms with E-state index in [1.54, 1.807) is 17.9 Å². The van der Waals surface area contributed by atoms with Crippen LogP contribution in [0.2, 0.25) is 0 Å². The van der Waals surface area contributed by atoms with Gasteiger partial charge in [0.25, 0.3) is 0 Å². The molecule has 4 rings (SSSR count). The van der Waals surface area contributed by atoms with Crippen LogP contribution in [0.3, 0.4) is 0 Å². The van der Waals surface area contributed by atoms with Crippen molar-refractivity contribution >= 4 is 21.9 Å². The van der Waals surface area contributed by atoms with Gasteiger partial charge in [0.2, 0.25) is 5.88 Å². The van der Waals surface area contributed by atoms with E-state index in [9.17, 15) is 0 Å². The summed E-state index contributed by atoms with van der Waals surface area (Å²) in [4.78, 5) is 0. The van der Waals surface area contributed by atoms with Crippen molar-refractivity contribution in [1.82, 2.24) is 9.78 Å². The molecule has 0 spiro atoms. The molecule has 0 unspecified atom stereocenters. The molecule has 0 bridgehead atoms. The molecule has 4 nitrogen and oxygen atoms in total. The van der Waals surface area contributed by atoms with Gasteiger partial charge in [0.1, 0.15) is 5.58 Å².